The van der Waals surface area contributed by atoms with Crippen LogP contribution in [0.3, 0.4) is 0 Å². The van der Waals surface area contributed by atoms with Crippen LogP contribution in [0.4, 0.5) is 5.69 Å². The summed E-state index contributed by atoms with van der Waals surface area (Å²) in [6, 6.07) is 6.27. The highest BCUT2D eigenvalue weighted by Crippen LogP contribution is 2.33. The number of likely N-dealkylation sites (N-methyl/N-ethyl adjacent to an activating group) is 1. The largest absolute Gasteiger partial charge is 0.324 e. The van der Waals surface area contributed by atoms with Crippen LogP contribution < -0.4 is 10.6 Å². The maximum absolute atomic E-state index is 11.7. The van der Waals surface area contributed by atoms with Crippen LogP contribution in [0.15, 0.2) is 18.2 Å². The highest BCUT2D eigenvalue weighted by atomic mass is 16.2. The van der Waals surface area contributed by atoms with Crippen LogP contribution in [-0.2, 0) is 11.2 Å². The third-order valence-corrected chi connectivity index (χ3v) is 4.23. The lowest BCUT2D eigenvalue weighted by molar-refractivity contribution is -0.117. The molecule has 3 nitrogen and oxygen atoms in total. The fourth-order valence-electron chi connectivity index (χ4n) is 3.42. The standard InChI is InChI=1S/C18H28N2O/c1-12(11-18(2,3)4)8-15(19)13-6-7-16-14(9-13)10-17(21)20(16)5/h6-7,9,12,15H,8,10-11,19H2,1-5H3. The minimum absolute atomic E-state index is 0.0497. The topological polar surface area (TPSA) is 46.3 Å². The van der Waals surface area contributed by atoms with Gasteiger partial charge < -0.3 is 10.6 Å². The van der Waals surface area contributed by atoms with Gasteiger partial charge in [-0.05, 0) is 41.4 Å². The van der Waals surface area contributed by atoms with E-state index in [0.29, 0.717) is 17.8 Å². The zero-order valence-electron chi connectivity index (χ0n) is 13.9. The number of rotatable bonds is 4. The summed E-state index contributed by atoms with van der Waals surface area (Å²) in [7, 11) is 1.83. The summed E-state index contributed by atoms with van der Waals surface area (Å²) in [4.78, 5) is 13.5. The summed E-state index contributed by atoms with van der Waals surface area (Å²) in [5.41, 5.74) is 10.0. The third kappa shape index (κ3) is 3.85. The van der Waals surface area contributed by atoms with E-state index < -0.39 is 0 Å². The highest BCUT2D eigenvalue weighted by Gasteiger charge is 2.25. The van der Waals surface area contributed by atoms with Gasteiger partial charge in [-0.15, -0.1) is 0 Å². The Morgan fingerprint density at radius 3 is 2.62 bits per heavy atom. The summed E-state index contributed by atoms with van der Waals surface area (Å²) >= 11 is 0. The maximum atomic E-state index is 11.7. The van der Waals surface area contributed by atoms with Gasteiger partial charge in [-0.25, -0.2) is 0 Å². The van der Waals surface area contributed by atoms with Crippen LogP contribution >= 0.6 is 0 Å². The van der Waals surface area contributed by atoms with Crippen LogP contribution in [-0.4, -0.2) is 13.0 Å². The van der Waals surface area contributed by atoms with Crippen LogP contribution in [0.1, 0.15) is 57.7 Å². The van der Waals surface area contributed by atoms with Crippen LogP contribution in [0.2, 0.25) is 0 Å². The lowest BCUT2D eigenvalue weighted by Gasteiger charge is -2.25. The predicted octanol–water partition coefficient (Wildman–Crippen LogP) is 3.67. The molecule has 2 N–H and O–H groups in total. The number of hydrogen-bond donors (Lipinski definition) is 1. The Labute approximate surface area is 128 Å². The molecule has 1 aliphatic rings. The molecule has 0 bridgehead atoms. The minimum atomic E-state index is 0.0497. The van der Waals surface area contributed by atoms with Crippen molar-refractivity contribution in [2.75, 3.05) is 11.9 Å². The molecule has 3 heteroatoms. The number of nitrogens with zero attached hydrogens (tertiary/aromatic N) is 1. The molecule has 0 saturated heterocycles. The molecule has 116 valence electrons. The molecule has 2 unspecified atom stereocenters. The molecule has 1 aromatic carbocycles. The molecule has 1 amide bonds. The van der Waals surface area contributed by atoms with Gasteiger partial charge in [0, 0.05) is 18.8 Å². The van der Waals surface area contributed by atoms with Gasteiger partial charge in [0.1, 0.15) is 0 Å². The molecule has 0 saturated carbocycles. The van der Waals surface area contributed by atoms with Gasteiger partial charge in [-0.2, -0.15) is 0 Å². The van der Waals surface area contributed by atoms with Crippen molar-refractivity contribution < 1.29 is 4.79 Å². The van der Waals surface area contributed by atoms with Crippen molar-refractivity contribution in [2.45, 2.75) is 53.0 Å². The van der Waals surface area contributed by atoms with E-state index in [0.717, 1.165) is 23.2 Å². The second kappa shape index (κ2) is 5.80. The fraction of sp³-hybridized carbons (Fsp3) is 0.611. The monoisotopic (exact) mass is 288 g/mol. The molecular weight excluding hydrogens is 260 g/mol. The number of hydrogen-bond acceptors (Lipinski definition) is 2. The van der Waals surface area contributed by atoms with Crippen molar-refractivity contribution in [2.24, 2.45) is 17.1 Å². The normalized spacial score (nSPS) is 17.8. The summed E-state index contributed by atoms with van der Waals surface area (Å²) in [6.45, 7) is 9.08. The Bertz CT molecular complexity index is 531. The van der Waals surface area contributed by atoms with Crippen molar-refractivity contribution in [1.82, 2.24) is 0 Å². The molecule has 0 aromatic heterocycles. The molecule has 2 atom stereocenters. The zero-order valence-corrected chi connectivity index (χ0v) is 13.9. The number of benzene rings is 1. The number of carbonyl (C=O) groups excluding carboxylic acids is 1. The second-order valence-corrected chi connectivity index (χ2v) is 7.73. The smallest absolute Gasteiger partial charge is 0.231 e. The van der Waals surface area contributed by atoms with Crippen molar-refractivity contribution in [1.29, 1.82) is 0 Å². The van der Waals surface area contributed by atoms with Crippen molar-refractivity contribution in [3.8, 4) is 0 Å². The number of nitrogens with two attached hydrogens (primary N) is 1. The maximum Gasteiger partial charge on any atom is 0.231 e. The average Bonchev–Trinajstić information content (AvgIpc) is 2.62. The van der Waals surface area contributed by atoms with Gasteiger partial charge >= 0.3 is 0 Å². The van der Waals surface area contributed by atoms with E-state index in [9.17, 15) is 4.79 Å². The van der Waals surface area contributed by atoms with E-state index in [2.05, 4.69) is 39.8 Å². The fourth-order valence-corrected chi connectivity index (χ4v) is 3.42. The minimum Gasteiger partial charge on any atom is -0.324 e. The van der Waals surface area contributed by atoms with Crippen LogP contribution in [0.25, 0.3) is 0 Å². The Balaban J connectivity index is 2.06. The summed E-state index contributed by atoms with van der Waals surface area (Å²) < 4.78 is 0. The second-order valence-electron chi connectivity index (χ2n) is 7.73. The number of anilines is 1. The van der Waals surface area contributed by atoms with E-state index in [-0.39, 0.29) is 11.9 Å². The van der Waals surface area contributed by atoms with Gasteiger partial charge in [-0.1, -0.05) is 39.8 Å². The van der Waals surface area contributed by atoms with Gasteiger partial charge in [0.15, 0.2) is 0 Å². The van der Waals surface area contributed by atoms with E-state index in [1.54, 1.807) is 4.90 Å². The van der Waals surface area contributed by atoms with E-state index >= 15 is 0 Å². The van der Waals surface area contributed by atoms with Gasteiger partial charge in [-0.3, -0.25) is 4.79 Å². The quantitative estimate of drug-likeness (QED) is 0.919. The number of amides is 1. The molecule has 1 aliphatic heterocycles. The van der Waals surface area contributed by atoms with Gasteiger partial charge in [0.25, 0.3) is 0 Å². The SMILES string of the molecule is CC(CC(N)c1ccc2c(c1)CC(=O)N2C)CC(C)(C)C. The lowest BCUT2D eigenvalue weighted by atomic mass is 9.82. The first-order valence-electron chi connectivity index (χ1n) is 7.82. The summed E-state index contributed by atoms with van der Waals surface area (Å²) in [5, 5.41) is 0. The zero-order chi connectivity index (χ0) is 15.8. The molecule has 1 heterocycles. The molecule has 21 heavy (non-hydrogen) atoms. The molecular formula is C18H28N2O. The van der Waals surface area contributed by atoms with Gasteiger partial charge in [0.05, 0.1) is 6.42 Å². The van der Waals surface area contributed by atoms with Crippen molar-refractivity contribution >= 4 is 11.6 Å². The van der Waals surface area contributed by atoms with E-state index in [4.69, 9.17) is 5.73 Å². The summed E-state index contributed by atoms with van der Waals surface area (Å²) in [6.07, 6.45) is 2.66. The molecule has 0 spiro atoms. The highest BCUT2D eigenvalue weighted by molar-refractivity contribution is 6.00. The molecule has 0 fully saturated rings. The van der Waals surface area contributed by atoms with E-state index in [1.807, 2.05) is 13.1 Å². The number of carbonyl (C=O) groups is 1. The average molecular weight is 288 g/mol. The first kappa shape index (κ1) is 16.0. The van der Waals surface area contributed by atoms with Crippen molar-refractivity contribution in [3.63, 3.8) is 0 Å². The Morgan fingerprint density at radius 1 is 1.33 bits per heavy atom. The third-order valence-electron chi connectivity index (χ3n) is 4.23. The molecule has 1 aromatic rings. The van der Waals surface area contributed by atoms with E-state index in [1.165, 1.54) is 6.42 Å². The van der Waals surface area contributed by atoms with Crippen LogP contribution in [0, 0.1) is 11.3 Å². The Morgan fingerprint density at radius 2 is 2.00 bits per heavy atom. The molecule has 0 radical (unpaired) electrons. The lowest BCUT2D eigenvalue weighted by Crippen LogP contribution is -2.20. The summed E-state index contributed by atoms with van der Waals surface area (Å²) in [5.74, 6) is 0.759. The Kier molecular flexibility index (Phi) is 4.43. The first-order chi connectivity index (χ1) is 9.67. The van der Waals surface area contributed by atoms with Gasteiger partial charge in [0.2, 0.25) is 5.91 Å². The Hall–Kier alpha value is -1.35. The predicted molar refractivity (Wildman–Crippen MR) is 88.3 cm³/mol. The molecule has 0 aliphatic carbocycles. The number of fused-ring (bicyclic) bond motifs is 1. The first-order valence-corrected chi connectivity index (χ1v) is 7.82. The van der Waals surface area contributed by atoms with Crippen LogP contribution in [0.5, 0.6) is 0 Å². The molecule has 2 rings (SSSR count). The van der Waals surface area contributed by atoms with Crippen molar-refractivity contribution in [3.05, 3.63) is 29.3 Å².